The summed E-state index contributed by atoms with van der Waals surface area (Å²) in [5.74, 6) is 0. The Kier molecular flexibility index (Phi) is 4.02. The molecule has 102 valence electrons. The second-order valence-electron chi connectivity index (χ2n) is 3.48. The molecule has 0 aliphatic heterocycles. The molecular formula is C11H10N6O3. The molecule has 0 aliphatic carbocycles. The van der Waals surface area contributed by atoms with E-state index < -0.39 is 6.09 Å². The van der Waals surface area contributed by atoms with E-state index in [1.54, 1.807) is 24.8 Å². The van der Waals surface area contributed by atoms with E-state index >= 15 is 0 Å². The van der Waals surface area contributed by atoms with E-state index in [4.69, 9.17) is 5.11 Å². The molecule has 0 aliphatic rings. The van der Waals surface area contributed by atoms with E-state index in [2.05, 4.69) is 15.0 Å². The molecule has 9 nitrogen and oxygen atoms in total. The van der Waals surface area contributed by atoms with E-state index in [9.17, 15) is 9.59 Å². The lowest BCUT2D eigenvalue weighted by molar-refractivity contribution is 0.196. The van der Waals surface area contributed by atoms with Gasteiger partial charge in [-0.05, 0) is 0 Å². The van der Waals surface area contributed by atoms with E-state index in [0.29, 0.717) is 0 Å². The fraction of sp³-hybridized carbons (Fsp3) is 0. The minimum absolute atomic E-state index is 0.190. The molecule has 0 unspecified atom stereocenters. The molecular weight excluding hydrogens is 264 g/mol. The first-order chi connectivity index (χ1) is 9.68. The quantitative estimate of drug-likeness (QED) is 0.655. The monoisotopic (exact) mass is 274 g/mol. The van der Waals surface area contributed by atoms with Gasteiger partial charge in [0.05, 0.1) is 0 Å². The summed E-state index contributed by atoms with van der Waals surface area (Å²) in [7, 11) is 0. The minimum atomic E-state index is -1.01. The molecule has 0 spiro atoms. The maximum absolute atomic E-state index is 11.4. The largest absolute Gasteiger partial charge is 0.464 e. The van der Waals surface area contributed by atoms with Gasteiger partial charge in [-0.25, -0.2) is 29.1 Å². The molecule has 0 atom stereocenters. The second kappa shape index (κ2) is 6.09. The fourth-order valence-electron chi connectivity index (χ4n) is 1.25. The molecule has 0 saturated carbocycles. The normalized spacial score (nSPS) is 9.60. The van der Waals surface area contributed by atoms with Gasteiger partial charge in [-0.1, -0.05) is 0 Å². The van der Waals surface area contributed by atoms with Gasteiger partial charge < -0.3 is 5.11 Å². The first kappa shape index (κ1) is 13.2. The van der Waals surface area contributed by atoms with Gasteiger partial charge in [-0.15, -0.1) is 0 Å². The Morgan fingerprint density at radius 2 is 1.15 bits per heavy atom. The highest BCUT2D eigenvalue weighted by Crippen LogP contribution is 1.92. The van der Waals surface area contributed by atoms with Crippen molar-refractivity contribution in [2.75, 3.05) is 0 Å². The van der Waals surface area contributed by atoms with Crippen LogP contribution in [0.15, 0.2) is 56.2 Å². The lowest BCUT2D eigenvalue weighted by Crippen LogP contribution is -2.15. The van der Waals surface area contributed by atoms with E-state index in [-0.39, 0.29) is 6.03 Å². The van der Waals surface area contributed by atoms with Crippen molar-refractivity contribution in [3.05, 3.63) is 56.2 Å². The molecule has 3 aromatic heterocycles. The summed E-state index contributed by atoms with van der Waals surface area (Å²) >= 11 is 0. The molecule has 3 heterocycles. The summed E-state index contributed by atoms with van der Waals surface area (Å²) in [6.07, 6.45) is 12.2. The molecule has 3 rings (SSSR count). The SMILES string of the molecule is O=C(O)n1ccnc1.O=C(n1ccnc1)n1ccnc1. The number of hydrogen-bond acceptors (Lipinski definition) is 5. The van der Waals surface area contributed by atoms with Crippen LogP contribution in [0.1, 0.15) is 0 Å². The zero-order valence-corrected chi connectivity index (χ0v) is 10.1. The number of imidazole rings is 3. The average Bonchev–Trinajstić information content (AvgIpc) is 3.19. The Labute approximate surface area is 112 Å². The van der Waals surface area contributed by atoms with Crippen molar-refractivity contribution in [2.45, 2.75) is 0 Å². The predicted molar refractivity (Wildman–Crippen MR) is 66.3 cm³/mol. The van der Waals surface area contributed by atoms with Gasteiger partial charge in [0.15, 0.2) is 0 Å². The first-order valence-electron chi connectivity index (χ1n) is 5.40. The maximum Gasteiger partial charge on any atom is 0.416 e. The van der Waals surface area contributed by atoms with E-state index in [1.165, 1.54) is 40.5 Å². The summed E-state index contributed by atoms with van der Waals surface area (Å²) in [4.78, 5) is 32.4. The van der Waals surface area contributed by atoms with Gasteiger partial charge in [-0.3, -0.25) is 9.13 Å². The molecule has 0 amide bonds. The number of carboxylic acid groups (broad SMARTS) is 1. The lowest BCUT2D eigenvalue weighted by atomic mass is 10.8. The maximum atomic E-state index is 11.4. The standard InChI is InChI=1S/C7H6N4O.C4H4N2O2/c12-7(10-3-1-8-5-10)11-4-2-9-6-11;7-4(8)6-2-1-5-3-6/h1-6H;1-3H,(H,7,8). The minimum Gasteiger partial charge on any atom is -0.464 e. The topological polar surface area (TPSA) is 108 Å². The Balaban J connectivity index is 0.000000160. The van der Waals surface area contributed by atoms with E-state index in [0.717, 1.165) is 4.57 Å². The third-order valence-electron chi connectivity index (χ3n) is 2.18. The number of carbonyl (C=O) groups excluding carboxylic acids is 1. The number of rotatable bonds is 0. The third-order valence-corrected chi connectivity index (χ3v) is 2.18. The highest BCUT2D eigenvalue weighted by molar-refractivity contribution is 5.78. The molecule has 3 aromatic rings. The van der Waals surface area contributed by atoms with Crippen molar-refractivity contribution >= 4 is 12.1 Å². The van der Waals surface area contributed by atoms with Crippen LogP contribution in [0, 0.1) is 0 Å². The summed E-state index contributed by atoms with van der Waals surface area (Å²) in [5.41, 5.74) is 0. The summed E-state index contributed by atoms with van der Waals surface area (Å²) < 4.78 is 3.73. The molecule has 0 bridgehead atoms. The number of nitrogens with zero attached hydrogens (tertiary/aromatic N) is 6. The fourth-order valence-corrected chi connectivity index (χ4v) is 1.25. The van der Waals surface area contributed by atoms with Crippen LogP contribution in [0.3, 0.4) is 0 Å². The van der Waals surface area contributed by atoms with Crippen molar-refractivity contribution in [2.24, 2.45) is 0 Å². The van der Waals surface area contributed by atoms with E-state index in [1.807, 2.05) is 0 Å². The van der Waals surface area contributed by atoms with Crippen LogP contribution < -0.4 is 0 Å². The molecule has 1 N–H and O–H groups in total. The smallest absolute Gasteiger partial charge is 0.416 e. The highest BCUT2D eigenvalue weighted by atomic mass is 16.4. The zero-order valence-electron chi connectivity index (χ0n) is 10.1. The van der Waals surface area contributed by atoms with Crippen molar-refractivity contribution in [1.82, 2.24) is 28.7 Å². The van der Waals surface area contributed by atoms with Crippen LogP contribution in [0.2, 0.25) is 0 Å². The summed E-state index contributed by atoms with van der Waals surface area (Å²) in [6.45, 7) is 0. The molecule has 0 fully saturated rings. The average molecular weight is 274 g/mol. The van der Waals surface area contributed by atoms with Crippen LogP contribution in [0.25, 0.3) is 0 Å². The van der Waals surface area contributed by atoms with Gasteiger partial charge in [0.25, 0.3) is 0 Å². The predicted octanol–water partition coefficient (Wildman–Crippen LogP) is 1.01. The van der Waals surface area contributed by atoms with Gasteiger partial charge in [0.2, 0.25) is 0 Å². The molecule has 0 saturated heterocycles. The van der Waals surface area contributed by atoms with Crippen molar-refractivity contribution in [1.29, 1.82) is 0 Å². The number of hydrogen-bond donors (Lipinski definition) is 1. The molecule has 9 heteroatoms. The van der Waals surface area contributed by atoms with Gasteiger partial charge >= 0.3 is 12.1 Å². The molecule has 0 aromatic carbocycles. The Hall–Kier alpha value is -3.23. The molecule has 0 radical (unpaired) electrons. The van der Waals surface area contributed by atoms with Crippen molar-refractivity contribution in [3.8, 4) is 0 Å². The summed E-state index contributed by atoms with van der Waals surface area (Å²) in [5, 5.41) is 8.20. The van der Waals surface area contributed by atoms with Crippen LogP contribution in [0.4, 0.5) is 9.59 Å². The van der Waals surface area contributed by atoms with Gasteiger partial charge in [0, 0.05) is 37.2 Å². The number of carbonyl (C=O) groups is 2. The van der Waals surface area contributed by atoms with Crippen molar-refractivity contribution < 1.29 is 14.7 Å². The second-order valence-corrected chi connectivity index (χ2v) is 3.48. The van der Waals surface area contributed by atoms with Crippen molar-refractivity contribution in [3.63, 3.8) is 0 Å². The van der Waals surface area contributed by atoms with Gasteiger partial charge in [0.1, 0.15) is 19.0 Å². The zero-order chi connectivity index (χ0) is 14.4. The first-order valence-corrected chi connectivity index (χ1v) is 5.40. The van der Waals surface area contributed by atoms with Crippen LogP contribution in [-0.2, 0) is 0 Å². The Morgan fingerprint density at radius 1 is 0.750 bits per heavy atom. The molecule has 20 heavy (non-hydrogen) atoms. The third kappa shape index (κ3) is 3.16. The Bertz CT molecular complexity index is 621. The summed E-state index contributed by atoms with van der Waals surface area (Å²) in [6, 6.07) is -0.190. The lowest BCUT2D eigenvalue weighted by Gasteiger charge is -1.98. The van der Waals surface area contributed by atoms with Gasteiger partial charge in [-0.2, -0.15) is 0 Å². The number of aromatic nitrogens is 6. The van der Waals surface area contributed by atoms with Crippen LogP contribution in [-0.4, -0.2) is 45.9 Å². The Morgan fingerprint density at radius 3 is 1.40 bits per heavy atom. The highest BCUT2D eigenvalue weighted by Gasteiger charge is 2.03. The van der Waals surface area contributed by atoms with Crippen LogP contribution in [0.5, 0.6) is 0 Å². The van der Waals surface area contributed by atoms with Crippen LogP contribution >= 0.6 is 0 Å².